The number of nitrogens with two attached hydrogens (primary N) is 2. The number of aliphatic imine (C=N–C) groups is 1. The molecule has 93 heavy (non-hydrogen) atoms. The summed E-state index contributed by atoms with van der Waals surface area (Å²) >= 11 is 0. The van der Waals surface area contributed by atoms with E-state index in [1.807, 2.05) is 42.5 Å². The number of fused-ring (bicyclic) bond motifs is 9. The second-order valence-corrected chi connectivity index (χ2v) is 30.4. The van der Waals surface area contributed by atoms with Gasteiger partial charge in [-0.05, 0) is 216 Å². The molecule has 0 amide bonds. The van der Waals surface area contributed by atoms with Gasteiger partial charge in [-0.25, -0.2) is 4.99 Å². The van der Waals surface area contributed by atoms with Crippen LogP contribution in [0.1, 0.15) is 189 Å². The summed E-state index contributed by atoms with van der Waals surface area (Å²) in [6.07, 6.45) is 10.0. The number of nitrogens with zero attached hydrogens (tertiary/aromatic N) is 1. The van der Waals surface area contributed by atoms with Gasteiger partial charge in [0.15, 0.2) is 5.96 Å². The molecule has 9 N–H and O–H groups in total. The van der Waals surface area contributed by atoms with E-state index < -0.39 is 56.7 Å². The van der Waals surface area contributed by atoms with Crippen LogP contribution in [0.5, 0.6) is 11.5 Å². The zero-order valence-electron chi connectivity index (χ0n) is 53.9. The Labute approximate surface area is 549 Å². The number of aliphatic hydroxyl groups excluding tert-OH is 2. The lowest BCUT2D eigenvalue weighted by Crippen LogP contribution is -2.48. The minimum absolute atomic E-state index is 0.00386. The third-order valence-corrected chi connectivity index (χ3v) is 23.5. The van der Waals surface area contributed by atoms with E-state index in [1.165, 1.54) is 21.9 Å². The van der Waals surface area contributed by atoms with Crippen LogP contribution in [-0.2, 0) is 46.3 Å². The lowest BCUT2D eigenvalue weighted by molar-refractivity contribution is -0.0834. The fourth-order valence-corrected chi connectivity index (χ4v) is 18.5. The summed E-state index contributed by atoms with van der Waals surface area (Å²) in [6, 6.07) is 50.9. The average Bonchev–Trinajstić information content (AvgIpc) is 1.72. The minimum Gasteiger partial charge on any atom is -0.508 e. The van der Waals surface area contributed by atoms with E-state index in [0.29, 0.717) is 74.2 Å². The van der Waals surface area contributed by atoms with Crippen LogP contribution < -0.4 is 16.2 Å². The molecule has 7 aromatic rings. The Morgan fingerprint density at radius 2 is 1.60 bits per heavy atom. The molecule has 3 aliphatic carbocycles. The Morgan fingerprint density at radius 1 is 0.839 bits per heavy atom. The SMILES string of the molecule is CC(C)CCc1ccc2ccccc2c1CC(O)c1ccc(C2CCCC(O)(C(Cc3ccccc3)CC3(N=C(N)N)Oc4ccc5c(c4)CCC(C)C5CC(S(=O)(=O)O)C4C=C5CC(CC6CC(CO)CC#Cc7cc(O)ccc7C5O6)C4c4ccc3cc4)C2)cc1. The Bertz CT molecular complexity index is 4080. The first-order valence-electron chi connectivity index (χ1n) is 34.1. The van der Waals surface area contributed by atoms with Crippen molar-refractivity contribution in [1.82, 2.24) is 0 Å². The smallest absolute Gasteiger partial charge is 0.268 e. The van der Waals surface area contributed by atoms with Crippen molar-refractivity contribution < 1.29 is 42.9 Å². The molecule has 5 aliphatic heterocycles. The van der Waals surface area contributed by atoms with Gasteiger partial charge in [0.2, 0.25) is 5.72 Å². The highest BCUT2D eigenvalue weighted by molar-refractivity contribution is 7.86. The largest absolute Gasteiger partial charge is 0.508 e. The van der Waals surface area contributed by atoms with Crippen molar-refractivity contribution in [3.63, 3.8) is 0 Å². The van der Waals surface area contributed by atoms with Crippen LogP contribution in [0.2, 0.25) is 0 Å². The fourth-order valence-electron chi connectivity index (χ4n) is 17.4. The number of phenols is 1. The maximum atomic E-state index is 14.6. The van der Waals surface area contributed by atoms with E-state index in [0.717, 1.165) is 83.0 Å². The Morgan fingerprint density at radius 3 is 2.37 bits per heavy atom. The highest BCUT2D eigenvalue weighted by Gasteiger charge is 2.51. The molecule has 15 rings (SSSR count). The number of benzene rings is 7. The lowest BCUT2D eigenvalue weighted by atomic mass is 9.64. The molecule has 0 aromatic heterocycles. The van der Waals surface area contributed by atoms with Gasteiger partial charge in [0.25, 0.3) is 10.1 Å². The monoisotopic (exact) mass is 1270 g/mol. The van der Waals surface area contributed by atoms with Gasteiger partial charge in [0.1, 0.15) is 17.6 Å². The summed E-state index contributed by atoms with van der Waals surface area (Å²) in [5.74, 6) is 5.46. The van der Waals surface area contributed by atoms with Crippen LogP contribution in [0, 0.1) is 47.3 Å². The van der Waals surface area contributed by atoms with Crippen molar-refractivity contribution in [2.24, 2.45) is 52.0 Å². The molecule has 1 saturated carbocycles. The van der Waals surface area contributed by atoms with E-state index in [2.05, 4.69) is 136 Å². The predicted octanol–water partition coefficient (Wildman–Crippen LogP) is 14.5. The van der Waals surface area contributed by atoms with E-state index in [4.69, 9.17) is 25.9 Å². The van der Waals surface area contributed by atoms with Gasteiger partial charge in [-0.2, -0.15) is 8.42 Å². The molecule has 1 saturated heterocycles. The van der Waals surface area contributed by atoms with Crippen molar-refractivity contribution in [3.8, 4) is 23.3 Å². The molecule has 8 aliphatic rings. The molecule has 10 bridgehead atoms. The fraction of sp³-hybridized carbons (Fsp3) is 0.438. The highest BCUT2D eigenvalue weighted by Crippen LogP contribution is 2.56. The summed E-state index contributed by atoms with van der Waals surface area (Å²) in [6.45, 7) is 6.60. The van der Waals surface area contributed by atoms with Crippen molar-refractivity contribution in [3.05, 3.63) is 225 Å². The molecule has 14 unspecified atom stereocenters. The van der Waals surface area contributed by atoms with E-state index in [-0.39, 0.29) is 66.9 Å². The number of ether oxygens (including phenoxy) is 2. The van der Waals surface area contributed by atoms with Crippen molar-refractivity contribution in [1.29, 1.82) is 0 Å². The Hall–Kier alpha value is -7.28. The molecule has 0 radical (unpaired) electrons. The quantitative estimate of drug-likeness (QED) is 0.0168. The number of guanidine groups is 1. The third-order valence-electron chi connectivity index (χ3n) is 22.2. The average molecular weight is 1270 g/mol. The lowest BCUT2D eigenvalue weighted by Gasteiger charge is -2.46. The third kappa shape index (κ3) is 13.7. The number of allylic oxidation sites excluding steroid dienone is 1. The molecular weight excluding hydrogens is 1180 g/mol. The second-order valence-electron chi connectivity index (χ2n) is 28.8. The van der Waals surface area contributed by atoms with E-state index >= 15 is 0 Å². The van der Waals surface area contributed by atoms with Gasteiger partial charge in [-0.15, -0.1) is 0 Å². The first-order chi connectivity index (χ1) is 44.8. The van der Waals surface area contributed by atoms with Gasteiger partial charge >= 0.3 is 0 Å². The second kappa shape index (κ2) is 26.8. The minimum atomic E-state index is -4.72. The van der Waals surface area contributed by atoms with Gasteiger partial charge in [-0.1, -0.05) is 166 Å². The number of aryl methyl sites for hydroxylation is 2. The summed E-state index contributed by atoms with van der Waals surface area (Å²) < 4.78 is 55.7. The Balaban J connectivity index is 0.891. The van der Waals surface area contributed by atoms with Crippen molar-refractivity contribution in [2.75, 3.05) is 6.61 Å². The van der Waals surface area contributed by atoms with Crippen molar-refractivity contribution in [2.45, 2.75) is 176 Å². The number of aromatic hydroxyl groups is 1. The van der Waals surface area contributed by atoms with Crippen LogP contribution in [0.3, 0.4) is 0 Å². The van der Waals surface area contributed by atoms with Crippen LogP contribution in [0.25, 0.3) is 10.8 Å². The number of phenolic OH excluding ortho intramolecular Hbond substituents is 1. The van der Waals surface area contributed by atoms with Gasteiger partial charge in [0, 0.05) is 48.5 Å². The van der Waals surface area contributed by atoms with Crippen molar-refractivity contribution >= 4 is 26.9 Å². The van der Waals surface area contributed by atoms with Gasteiger partial charge in [0.05, 0.1) is 23.1 Å². The zero-order valence-corrected chi connectivity index (χ0v) is 54.7. The number of aliphatic hydroxyl groups is 3. The Kier molecular flexibility index (Phi) is 18.6. The summed E-state index contributed by atoms with van der Waals surface area (Å²) in [7, 11) is -4.72. The molecule has 12 nitrogen and oxygen atoms in total. The molecule has 0 spiro atoms. The zero-order chi connectivity index (χ0) is 64.8. The molecule has 2 fully saturated rings. The normalized spacial score (nSPS) is 28.2. The standard InChI is InChI=1S/C80H91N3O9S/c1-49(2)18-20-55-25-24-54-14-7-8-17-68(54)72(55)44-74(86)56-26-22-53(23-27-56)60-16-10-36-79(87,46-60)64(37-51-11-5-4-6-12-51)47-80(83-78(81)82)63-30-28-57(29-31-63)76-61-39-62(77-70-34-32-65(85)40-58(70)15-9-13-52(48-84)38-67(42-61)91-77)43-73(76)75(93(88,89)90)45-71-50(3)19-21-59-41-66(92-80)33-35-69(59)71/h4-8,11-12,14,17,22-35,40-41,43,49-50,52,60-61,64,67,71,73-77,84-87H,10,13,16,18-21,36-39,42,44-48H2,1-3H3,(H4,81,82,83)(H,88,89,90). The van der Waals surface area contributed by atoms with Crippen LogP contribution >= 0.6 is 0 Å². The molecule has 7 aromatic carbocycles. The number of hydrogen-bond acceptors (Lipinski definition) is 9. The summed E-state index contributed by atoms with van der Waals surface area (Å²) in [5, 5.41) is 48.5. The first kappa shape index (κ1) is 64.4. The molecule has 13 heteroatoms. The maximum absolute atomic E-state index is 14.6. The van der Waals surface area contributed by atoms with Gasteiger partial charge < -0.3 is 41.4 Å². The predicted molar refractivity (Wildman–Crippen MR) is 367 cm³/mol. The summed E-state index contributed by atoms with van der Waals surface area (Å²) in [5.41, 5.74) is 21.9. The number of hydrogen-bond donors (Lipinski definition) is 7. The van der Waals surface area contributed by atoms with Gasteiger partial charge in [-0.3, -0.25) is 4.55 Å². The first-order valence-corrected chi connectivity index (χ1v) is 35.6. The molecular formula is C80H91N3O9S. The van der Waals surface area contributed by atoms with E-state index in [1.54, 1.807) is 12.1 Å². The molecule has 5 heterocycles. The van der Waals surface area contributed by atoms with Crippen LogP contribution in [0.15, 0.2) is 168 Å². The number of rotatable bonds is 15. The topological polar surface area (TPSA) is 218 Å². The highest BCUT2D eigenvalue weighted by atomic mass is 32.2. The van der Waals surface area contributed by atoms with Crippen LogP contribution in [-0.4, -0.2) is 62.9 Å². The summed E-state index contributed by atoms with van der Waals surface area (Å²) in [4.78, 5) is 5.21. The van der Waals surface area contributed by atoms with E-state index in [9.17, 15) is 33.4 Å². The molecule has 14 atom stereocenters. The molecule has 486 valence electrons. The van der Waals surface area contributed by atoms with Crippen LogP contribution in [0.4, 0.5) is 0 Å². The maximum Gasteiger partial charge on any atom is 0.268 e.